The van der Waals surface area contributed by atoms with Crippen LogP contribution in [0.4, 0.5) is 10.5 Å². The van der Waals surface area contributed by atoms with Crippen molar-refractivity contribution in [2.75, 3.05) is 37.6 Å². The van der Waals surface area contributed by atoms with Gasteiger partial charge in [0.2, 0.25) is 0 Å². The molecule has 2 fully saturated rings. The van der Waals surface area contributed by atoms with E-state index in [2.05, 4.69) is 26.5 Å². The second kappa shape index (κ2) is 10.4. The molecule has 1 aromatic carbocycles. The van der Waals surface area contributed by atoms with Crippen LogP contribution >= 0.6 is 23.2 Å². The van der Waals surface area contributed by atoms with Crippen LogP contribution in [0.5, 0.6) is 0 Å². The Morgan fingerprint density at radius 2 is 1.73 bits per heavy atom. The third kappa shape index (κ3) is 6.93. The number of amides is 2. The van der Waals surface area contributed by atoms with E-state index in [4.69, 9.17) is 23.2 Å². The molecule has 1 aliphatic carbocycles. The molecule has 2 amide bonds. The highest BCUT2D eigenvalue weighted by Gasteiger charge is 2.25. The molecule has 168 valence electrons. The summed E-state index contributed by atoms with van der Waals surface area (Å²) in [6.07, 6.45) is 5.84. The summed E-state index contributed by atoms with van der Waals surface area (Å²) in [5, 5.41) is 7.42. The molecule has 1 aliphatic heterocycles. The lowest BCUT2D eigenvalue weighted by molar-refractivity contribution is 0.202. The largest absolute Gasteiger partial charge is 0.368 e. The van der Waals surface area contributed by atoms with Crippen molar-refractivity contribution in [1.82, 2.24) is 15.5 Å². The topological polar surface area (TPSA) is 47.6 Å². The summed E-state index contributed by atoms with van der Waals surface area (Å²) in [5.74, 6) is 0.772. The fraction of sp³-hybridized carbons (Fsp3) is 0.696. The molecule has 7 heteroatoms. The van der Waals surface area contributed by atoms with Crippen molar-refractivity contribution in [3.05, 3.63) is 28.2 Å². The molecule has 1 heterocycles. The highest BCUT2D eigenvalue weighted by molar-refractivity contribution is 6.43. The van der Waals surface area contributed by atoms with Crippen molar-refractivity contribution < 1.29 is 4.79 Å². The Kier molecular flexibility index (Phi) is 8.17. The minimum absolute atomic E-state index is 0.0383. The van der Waals surface area contributed by atoms with E-state index < -0.39 is 0 Å². The number of benzene rings is 1. The van der Waals surface area contributed by atoms with Crippen molar-refractivity contribution >= 4 is 34.9 Å². The first kappa shape index (κ1) is 23.5. The van der Waals surface area contributed by atoms with Gasteiger partial charge in [-0.1, -0.05) is 29.3 Å². The van der Waals surface area contributed by atoms with Crippen LogP contribution in [0.15, 0.2) is 18.2 Å². The monoisotopic (exact) mass is 454 g/mol. The van der Waals surface area contributed by atoms with Gasteiger partial charge in [0, 0.05) is 37.8 Å². The minimum atomic E-state index is -0.191. The summed E-state index contributed by atoms with van der Waals surface area (Å²) in [4.78, 5) is 17.0. The van der Waals surface area contributed by atoms with Crippen LogP contribution in [0.3, 0.4) is 0 Å². The minimum Gasteiger partial charge on any atom is -0.368 e. The third-order valence-electron chi connectivity index (χ3n) is 6.17. The number of urea groups is 1. The molecule has 0 aromatic heterocycles. The van der Waals surface area contributed by atoms with Gasteiger partial charge in [-0.05, 0) is 77.5 Å². The molecule has 0 radical (unpaired) electrons. The summed E-state index contributed by atoms with van der Waals surface area (Å²) < 4.78 is 0. The molecule has 0 unspecified atom stereocenters. The molecule has 1 saturated heterocycles. The number of rotatable bonds is 5. The van der Waals surface area contributed by atoms with Crippen LogP contribution in [0, 0.1) is 5.92 Å². The predicted octanol–water partition coefficient (Wildman–Crippen LogP) is 5.16. The molecule has 2 N–H and O–H groups in total. The van der Waals surface area contributed by atoms with Crippen molar-refractivity contribution in [3.8, 4) is 0 Å². The maximum absolute atomic E-state index is 12.1. The lowest BCUT2D eigenvalue weighted by Gasteiger charge is -2.37. The van der Waals surface area contributed by atoms with E-state index >= 15 is 0 Å². The smallest absolute Gasteiger partial charge is 0.315 e. The Balaban J connectivity index is 1.34. The van der Waals surface area contributed by atoms with Crippen LogP contribution in [-0.2, 0) is 0 Å². The number of nitrogens with one attached hydrogen (secondary N) is 2. The standard InChI is InChI=1S/C23H36Cl2N4O/c1-23(2,3)27-22(30)26-18-9-7-17(8-10-18)11-12-28-13-15-29(16-14-28)20-6-4-5-19(24)21(20)25/h4-6,17-18H,7-16H2,1-3H3,(H2,26,27,30). The lowest BCUT2D eigenvalue weighted by Crippen LogP contribution is -2.50. The predicted molar refractivity (Wildman–Crippen MR) is 127 cm³/mol. The third-order valence-corrected chi connectivity index (χ3v) is 6.98. The zero-order valence-electron chi connectivity index (χ0n) is 18.5. The van der Waals surface area contributed by atoms with Gasteiger partial charge in [0.15, 0.2) is 0 Å². The van der Waals surface area contributed by atoms with Gasteiger partial charge in [-0.25, -0.2) is 4.79 Å². The number of hydrogen-bond acceptors (Lipinski definition) is 3. The first-order valence-electron chi connectivity index (χ1n) is 11.2. The van der Waals surface area contributed by atoms with Gasteiger partial charge >= 0.3 is 6.03 Å². The van der Waals surface area contributed by atoms with Crippen LogP contribution in [0.2, 0.25) is 10.0 Å². The quantitative estimate of drug-likeness (QED) is 0.645. The van der Waals surface area contributed by atoms with E-state index in [1.165, 1.54) is 19.3 Å². The fourth-order valence-corrected chi connectivity index (χ4v) is 4.89. The van der Waals surface area contributed by atoms with E-state index in [1.807, 2.05) is 32.9 Å². The van der Waals surface area contributed by atoms with Crippen molar-refractivity contribution in [2.24, 2.45) is 5.92 Å². The number of carbonyl (C=O) groups excluding carboxylic acids is 1. The Bertz CT molecular complexity index is 706. The number of nitrogens with zero attached hydrogens (tertiary/aromatic N) is 2. The Morgan fingerprint density at radius 1 is 1.07 bits per heavy atom. The van der Waals surface area contributed by atoms with Crippen LogP contribution in [-0.4, -0.2) is 55.2 Å². The summed E-state index contributed by atoms with van der Waals surface area (Å²) in [5.41, 5.74) is 0.855. The second-order valence-electron chi connectivity index (χ2n) is 9.76. The van der Waals surface area contributed by atoms with E-state index in [0.29, 0.717) is 16.1 Å². The molecule has 0 atom stereocenters. The zero-order valence-corrected chi connectivity index (χ0v) is 20.0. The molecule has 3 rings (SSSR count). The highest BCUT2D eigenvalue weighted by atomic mass is 35.5. The van der Waals surface area contributed by atoms with E-state index in [1.54, 1.807) is 0 Å². The normalized spacial score (nSPS) is 23.3. The number of halogens is 2. The average Bonchev–Trinajstić information content (AvgIpc) is 2.69. The van der Waals surface area contributed by atoms with E-state index in [-0.39, 0.29) is 11.6 Å². The molecular formula is C23H36Cl2N4O. The Morgan fingerprint density at radius 3 is 2.37 bits per heavy atom. The Labute approximate surface area is 191 Å². The van der Waals surface area contributed by atoms with Crippen LogP contribution < -0.4 is 15.5 Å². The van der Waals surface area contributed by atoms with Gasteiger partial charge in [0.25, 0.3) is 0 Å². The van der Waals surface area contributed by atoms with Gasteiger partial charge < -0.3 is 15.5 Å². The molecule has 1 saturated carbocycles. The average molecular weight is 455 g/mol. The van der Waals surface area contributed by atoms with Crippen molar-refractivity contribution in [3.63, 3.8) is 0 Å². The molecule has 1 aromatic rings. The van der Waals surface area contributed by atoms with Gasteiger partial charge in [-0.2, -0.15) is 0 Å². The van der Waals surface area contributed by atoms with Gasteiger partial charge in [-0.15, -0.1) is 0 Å². The first-order valence-corrected chi connectivity index (χ1v) is 12.0. The number of piperazine rings is 1. The summed E-state index contributed by atoms with van der Waals surface area (Å²) in [6.45, 7) is 11.3. The fourth-order valence-electron chi connectivity index (χ4n) is 4.47. The van der Waals surface area contributed by atoms with E-state index in [9.17, 15) is 4.79 Å². The summed E-state index contributed by atoms with van der Waals surface area (Å²) in [6, 6.07) is 6.13. The Hall–Kier alpha value is -1.17. The highest BCUT2D eigenvalue weighted by Crippen LogP contribution is 2.33. The molecule has 30 heavy (non-hydrogen) atoms. The van der Waals surface area contributed by atoms with E-state index in [0.717, 1.165) is 57.2 Å². The number of carbonyl (C=O) groups is 1. The molecule has 0 bridgehead atoms. The maximum Gasteiger partial charge on any atom is 0.315 e. The molecule has 5 nitrogen and oxygen atoms in total. The van der Waals surface area contributed by atoms with Crippen LogP contribution in [0.1, 0.15) is 52.9 Å². The molecule has 2 aliphatic rings. The zero-order chi connectivity index (χ0) is 21.7. The summed E-state index contributed by atoms with van der Waals surface area (Å²) >= 11 is 12.6. The van der Waals surface area contributed by atoms with Crippen molar-refractivity contribution in [1.29, 1.82) is 0 Å². The SMILES string of the molecule is CC(C)(C)NC(=O)NC1CCC(CCN2CCN(c3cccc(Cl)c3Cl)CC2)CC1. The first-order chi connectivity index (χ1) is 14.2. The van der Waals surface area contributed by atoms with Crippen molar-refractivity contribution in [2.45, 2.75) is 64.5 Å². The maximum atomic E-state index is 12.1. The van der Waals surface area contributed by atoms with Gasteiger partial charge in [0.1, 0.15) is 0 Å². The molecular weight excluding hydrogens is 419 g/mol. The van der Waals surface area contributed by atoms with Gasteiger partial charge in [0.05, 0.1) is 15.7 Å². The summed E-state index contributed by atoms with van der Waals surface area (Å²) in [7, 11) is 0. The van der Waals surface area contributed by atoms with Crippen LogP contribution in [0.25, 0.3) is 0 Å². The number of hydrogen-bond donors (Lipinski definition) is 2. The second-order valence-corrected chi connectivity index (χ2v) is 10.5. The lowest BCUT2D eigenvalue weighted by atomic mass is 9.84. The molecule has 0 spiro atoms. The number of anilines is 1. The van der Waals surface area contributed by atoms with Gasteiger partial charge in [-0.3, -0.25) is 4.90 Å².